The fourth-order valence-corrected chi connectivity index (χ4v) is 6.65. The lowest BCUT2D eigenvalue weighted by Gasteiger charge is -2.52. The maximum absolute atomic E-state index is 14.7. The maximum Gasteiger partial charge on any atom is 0.229 e. The Bertz CT molecular complexity index is 1300. The summed E-state index contributed by atoms with van der Waals surface area (Å²) in [6.45, 7) is 9.86. The van der Waals surface area contributed by atoms with Gasteiger partial charge < -0.3 is 14.4 Å². The summed E-state index contributed by atoms with van der Waals surface area (Å²) in [6.07, 6.45) is 5.03. The Kier molecular flexibility index (Phi) is 9.73. The molecule has 9 heteroatoms. The number of ether oxygens (including phenoxy) is 2. The molecule has 40 heavy (non-hydrogen) atoms. The fourth-order valence-electron chi connectivity index (χ4n) is 6.08. The molecular formula is C31H39Cl2NO5S. The van der Waals surface area contributed by atoms with Gasteiger partial charge in [0.25, 0.3) is 0 Å². The first kappa shape index (κ1) is 31.0. The van der Waals surface area contributed by atoms with Crippen LogP contribution in [0.1, 0.15) is 77.0 Å². The lowest BCUT2D eigenvalue weighted by Crippen LogP contribution is -2.56. The van der Waals surface area contributed by atoms with Crippen molar-refractivity contribution in [3.05, 3.63) is 81.9 Å². The number of hydrogen-bond donors (Lipinski definition) is 1. The molecule has 2 aliphatic heterocycles. The predicted octanol–water partition coefficient (Wildman–Crippen LogP) is 6.93. The molecule has 2 fully saturated rings. The molecule has 6 atom stereocenters. The second kappa shape index (κ2) is 12.5. The molecule has 2 heterocycles. The van der Waals surface area contributed by atoms with Gasteiger partial charge in [-0.1, -0.05) is 73.5 Å². The van der Waals surface area contributed by atoms with Crippen molar-refractivity contribution >= 4 is 39.8 Å². The quantitative estimate of drug-likeness (QED) is 0.247. The molecule has 0 saturated carbocycles. The van der Waals surface area contributed by atoms with Gasteiger partial charge in [-0.2, -0.15) is 0 Å². The van der Waals surface area contributed by atoms with Crippen molar-refractivity contribution in [1.82, 2.24) is 4.90 Å². The van der Waals surface area contributed by atoms with E-state index >= 15 is 0 Å². The smallest absolute Gasteiger partial charge is 0.229 e. The highest BCUT2D eigenvalue weighted by Gasteiger charge is 2.53. The third-order valence-corrected chi connectivity index (χ3v) is 9.38. The summed E-state index contributed by atoms with van der Waals surface area (Å²) in [4.78, 5) is 16.7. The standard InChI is InChI=1S/C31H39Cl2NO5S/c1-6-25(15-10-20(2)40(36)37)34-28(21-11-13-23(32)14-12-21)27(22-8-7-9-24(33)16-22)18-31(5,29(34)35)17-26-19-38-30(3,4)39-26/h7-16,20,25-28,40H,6,17-19H2,1-5H3/b15-10+/t20?,25-,26?,27+,28+,31-/m0/s1. The summed E-state index contributed by atoms with van der Waals surface area (Å²) >= 11 is 12.7. The topological polar surface area (TPSA) is 72.9 Å². The van der Waals surface area contributed by atoms with Crippen LogP contribution in [-0.2, 0) is 25.0 Å². The van der Waals surface area contributed by atoms with Crippen LogP contribution in [0.2, 0.25) is 10.0 Å². The number of hydrogen-bond acceptors (Lipinski definition) is 5. The number of thiol groups is 1. The maximum atomic E-state index is 14.7. The molecule has 1 amide bonds. The van der Waals surface area contributed by atoms with Crippen LogP contribution in [0.25, 0.3) is 0 Å². The monoisotopic (exact) mass is 607 g/mol. The Labute approximate surface area is 249 Å². The first-order valence-electron chi connectivity index (χ1n) is 13.8. The van der Waals surface area contributed by atoms with Gasteiger partial charge in [0.15, 0.2) is 5.79 Å². The van der Waals surface area contributed by atoms with Gasteiger partial charge in [-0.25, -0.2) is 8.42 Å². The van der Waals surface area contributed by atoms with Gasteiger partial charge in [0.05, 0.1) is 30.0 Å². The predicted molar refractivity (Wildman–Crippen MR) is 160 cm³/mol. The number of amides is 1. The van der Waals surface area contributed by atoms with E-state index < -0.39 is 27.2 Å². The molecule has 0 aliphatic carbocycles. The van der Waals surface area contributed by atoms with Crippen molar-refractivity contribution < 1.29 is 22.7 Å². The van der Waals surface area contributed by atoms with Crippen molar-refractivity contribution in [1.29, 1.82) is 0 Å². The van der Waals surface area contributed by atoms with E-state index in [0.29, 0.717) is 35.9 Å². The molecule has 2 aromatic carbocycles. The Morgan fingerprint density at radius 3 is 2.33 bits per heavy atom. The van der Waals surface area contributed by atoms with Crippen molar-refractivity contribution in [3.8, 4) is 0 Å². The molecule has 2 saturated heterocycles. The van der Waals surface area contributed by atoms with Gasteiger partial charge in [0, 0.05) is 21.4 Å². The van der Waals surface area contributed by atoms with E-state index in [0.717, 1.165) is 11.1 Å². The SMILES string of the molecule is CC[C@@H](/C=C/C(C)[SH](=O)=O)N1C(=O)[C@@](C)(CC2COC(C)(C)O2)C[C@H](c2cccc(Cl)c2)[C@H]1c1ccc(Cl)cc1. The van der Waals surface area contributed by atoms with Gasteiger partial charge in [-0.05, 0) is 75.4 Å². The van der Waals surface area contributed by atoms with Crippen molar-refractivity contribution in [3.63, 3.8) is 0 Å². The summed E-state index contributed by atoms with van der Waals surface area (Å²) in [7, 11) is -2.62. The van der Waals surface area contributed by atoms with E-state index in [-0.39, 0.29) is 30.0 Å². The minimum absolute atomic E-state index is 0.00898. The van der Waals surface area contributed by atoms with Crippen LogP contribution in [0.5, 0.6) is 0 Å². The first-order chi connectivity index (χ1) is 18.8. The first-order valence-corrected chi connectivity index (χ1v) is 15.8. The fraction of sp³-hybridized carbons (Fsp3) is 0.516. The molecule has 0 bridgehead atoms. The second-order valence-corrected chi connectivity index (χ2v) is 13.9. The summed E-state index contributed by atoms with van der Waals surface area (Å²) in [5, 5.41) is 0.605. The number of benzene rings is 2. The van der Waals surface area contributed by atoms with E-state index in [2.05, 4.69) is 6.07 Å². The highest BCUT2D eigenvalue weighted by Crippen LogP contribution is 2.53. The Hall–Kier alpha value is -1.90. The average Bonchev–Trinajstić information content (AvgIpc) is 3.24. The number of halogens is 2. The highest BCUT2D eigenvalue weighted by molar-refractivity contribution is 7.73. The highest BCUT2D eigenvalue weighted by atomic mass is 35.5. The van der Waals surface area contributed by atoms with Crippen LogP contribution in [0.15, 0.2) is 60.7 Å². The molecule has 0 aromatic heterocycles. The number of likely N-dealkylation sites (tertiary alicyclic amines) is 1. The van der Waals surface area contributed by atoms with Crippen LogP contribution in [0.3, 0.4) is 0 Å². The van der Waals surface area contributed by atoms with Gasteiger partial charge in [-0.15, -0.1) is 0 Å². The lowest BCUT2D eigenvalue weighted by molar-refractivity contribution is -0.161. The minimum atomic E-state index is -2.62. The van der Waals surface area contributed by atoms with Gasteiger partial charge in [0.1, 0.15) is 10.7 Å². The van der Waals surface area contributed by atoms with Crippen LogP contribution in [0.4, 0.5) is 0 Å². The van der Waals surface area contributed by atoms with Crippen molar-refractivity contribution in [2.45, 2.75) is 89.0 Å². The zero-order chi connectivity index (χ0) is 29.2. The number of carbonyl (C=O) groups is 1. The minimum Gasteiger partial charge on any atom is -0.348 e. The zero-order valence-corrected chi connectivity index (χ0v) is 26.1. The lowest BCUT2D eigenvalue weighted by atomic mass is 9.66. The zero-order valence-electron chi connectivity index (χ0n) is 23.7. The molecule has 0 radical (unpaired) electrons. The number of carbonyl (C=O) groups excluding carboxylic acids is 1. The summed E-state index contributed by atoms with van der Waals surface area (Å²) in [6, 6.07) is 14.8. The van der Waals surface area contributed by atoms with Gasteiger partial charge in [0.2, 0.25) is 5.91 Å². The van der Waals surface area contributed by atoms with Crippen LogP contribution >= 0.6 is 23.2 Å². The largest absolute Gasteiger partial charge is 0.348 e. The molecule has 2 aliphatic rings. The van der Waals surface area contributed by atoms with Crippen molar-refractivity contribution in [2.75, 3.05) is 6.61 Å². The molecular weight excluding hydrogens is 569 g/mol. The molecule has 0 N–H and O–H groups in total. The van der Waals surface area contributed by atoms with E-state index in [4.69, 9.17) is 32.7 Å². The molecule has 0 spiro atoms. The normalized spacial score (nSPS) is 28.4. The molecule has 2 aromatic rings. The van der Waals surface area contributed by atoms with E-state index in [1.54, 1.807) is 13.0 Å². The molecule has 6 nitrogen and oxygen atoms in total. The van der Waals surface area contributed by atoms with Crippen LogP contribution in [-0.4, -0.2) is 49.0 Å². The van der Waals surface area contributed by atoms with E-state index in [1.165, 1.54) is 0 Å². The summed E-state index contributed by atoms with van der Waals surface area (Å²) in [5.74, 6) is -0.778. The average molecular weight is 609 g/mol. The van der Waals surface area contributed by atoms with Crippen LogP contribution in [0, 0.1) is 5.41 Å². The third kappa shape index (κ3) is 6.93. The Balaban J connectivity index is 1.86. The molecule has 4 rings (SSSR count). The van der Waals surface area contributed by atoms with E-state index in [9.17, 15) is 13.2 Å². The third-order valence-electron chi connectivity index (χ3n) is 8.06. The molecule has 2 unspecified atom stereocenters. The summed E-state index contributed by atoms with van der Waals surface area (Å²) in [5.41, 5.74) is 1.23. The Morgan fingerprint density at radius 2 is 1.75 bits per heavy atom. The summed E-state index contributed by atoms with van der Waals surface area (Å²) < 4.78 is 35.3. The van der Waals surface area contributed by atoms with Gasteiger partial charge in [-0.3, -0.25) is 4.79 Å². The van der Waals surface area contributed by atoms with E-state index in [1.807, 2.05) is 81.1 Å². The van der Waals surface area contributed by atoms with Gasteiger partial charge >= 0.3 is 0 Å². The number of piperidine rings is 1. The van der Waals surface area contributed by atoms with Crippen molar-refractivity contribution in [2.24, 2.45) is 5.41 Å². The molecule has 218 valence electrons. The number of rotatable bonds is 9. The Morgan fingerprint density at radius 1 is 1.05 bits per heavy atom. The number of nitrogens with zero attached hydrogens (tertiary/aromatic N) is 1. The second-order valence-electron chi connectivity index (χ2n) is 11.7. The van der Waals surface area contributed by atoms with Crippen LogP contribution < -0.4 is 0 Å².